The molecule has 28 heavy (non-hydrogen) atoms. The molecule has 0 saturated heterocycles. The number of pyridine rings is 1. The molecule has 1 aromatic carbocycles. The van der Waals surface area contributed by atoms with E-state index in [0.717, 1.165) is 41.2 Å². The maximum absolute atomic E-state index is 13.1. The van der Waals surface area contributed by atoms with Gasteiger partial charge in [0.1, 0.15) is 10.6 Å². The molecule has 0 bridgehead atoms. The third-order valence-electron chi connectivity index (χ3n) is 5.04. The number of carbonyl (C=O) groups is 1. The van der Waals surface area contributed by atoms with Gasteiger partial charge in [-0.3, -0.25) is 9.59 Å². The summed E-state index contributed by atoms with van der Waals surface area (Å²) in [5, 5.41) is 3.13. The highest BCUT2D eigenvalue weighted by Crippen LogP contribution is 2.24. The number of thioether (sulfide) groups is 1. The number of para-hydroxylation sites is 1. The molecule has 0 fully saturated rings. The number of nitrogens with one attached hydrogen (secondary N) is 1. The van der Waals surface area contributed by atoms with E-state index in [1.165, 1.54) is 0 Å². The van der Waals surface area contributed by atoms with E-state index in [0.29, 0.717) is 17.9 Å². The van der Waals surface area contributed by atoms with E-state index in [9.17, 15) is 9.59 Å². The first-order chi connectivity index (χ1) is 13.4. The minimum absolute atomic E-state index is 0.122. The Balaban J connectivity index is 2.51. The van der Waals surface area contributed by atoms with Crippen molar-refractivity contribution in [3.63, 3.8) is 0 Å². The predicted molar refractivity (Wildman–Crippen MR) is 121 cm³/mol. The average Bonchev–Trinajstić information content (AvgIpc) is 2.69. The van der Waals surface area contributed by atoms with Gasteiger partial charge in [-0.15, -0.1) is 0 Å². The first-order valence-corrected chi connectivity index (χ1v) is 11.3. The van der Waals surface area contributed by atoms with Gasteiger partial charge in [-0.2, -0.15) is 11.8 Å². The van der Waals surface area contributed by atoms with E-state index in [2.05, 4.69) is 26.1 Å². The van der Waals surface area contributed by atoms with Gasteiger partial charge >= 0.3 is 0 Å². The average molecular weight is 421 g/mol. The minimum atomic E-state index is -0.402. The molecule has 0 saturated carbocycles. The molecule has 0 aliphatic rings. The van der Waals surface area contributed by atoms with Crippen molar-refractivity contribution in [3.05, 3.63) is 61.5 Å². The van der Waals surface area contributed by atoms with Crippen LogP contribution in [0.4, 0.5) is 5.69 Å². The largest absolute Gasteiger partial charge is 0.346 e. The lowest BCUT2D eigenvalue weighted by atomic mass is 10.0. The Kier molecular flexibility index (Phi) is 8.20. The van der Waals surface area contributed by atoms with Crippen LogP contribution in [0.25, 0.3) is 0 Å². The predicted octanol–water partition coefficient (Wildman–Crippen LogP) is 5.25. The monoisotopic (exact) mass is 420 g/mol. The molecular formula is C22H29ClN2O2S. The van der Waals surface area contributed by atoms with Crippen LogP contribution in [0.3, 0.4) is 0 Å². The lowest BCUT2D eigenvalue weighted by Crippen LogP contribution is -2.29. The van der Waals surface area contributed by atoms with Crippen LogP contribution < -0.4 is 10.7 Å². The third-order valence-corrected chi connectivity index (χ3v) is 6.37. The number of carbonyl (C=O) groups excluding carboxylic acids is 1. The molecule has 0 unspecified atom stereocenters. The Morgan fingerprint density at radius 3 is 2.25 bits per heavy atom. The van der Waals surface area contributed by atoms with Crippen molar-refractivity contribution < 1.29 is 4.79 Å². The van der Waals surface area contributed by atoms with Crippen molar-refractivity contribution in [2.75, 3.05) is 16.8 Å². The number of hydrogen-bond donors (Lipinski definition) is 1. The lowest BCUT2D eigenvalue weighted by Gasteiger charge is -2.20. The highest BCUT2D eigenvalue weighted by atomic mass is 35.5. The Morgan fingerprint density at radius 2 is 1.71 bits per heavy atom. The summed E-state index contributed by atoms with van der Waals surface area (Å²) in [7, 11) is 0. The van der Waals surface area contributed by atoms with E-state index in [4.69, 9.17) is 11.6 Å². The number of amides is 1. The summed E-state index contributed by atoms with van der Waals surface area (Å²) >= 11 is 8.13. The number of aryl methyl sites for hydroxylation is 2. The molecule has 6 heteroatoms. The molecular weight excluding hydrogens is 392 g/mol. The van der Waals surface area contributed by atoms with Gasteiger partial charge in [-0.25, -0.2) is 0 Å². The zero-order valence-corrected chi connectivity index (χ0v) is 18.9. The highest BCUT2D eigenvalue weighted by Gasteiger charge is 2.22. The molecule has 152 valence electrons. The molecule has 2 aromatic rings. The minimum Gasteiger partial charge on any atom is -0.346 e. The topological polar surface area (TPSA) is 51.1 Å². The van der Waals surface area contributed by atoms with Crippen LogP contribution >= 0.6 is 23.4 Å². The van der Waals surface area contributed by atoms with Crippen LogP contribution in [-0.4, -0.2) is 22.0 Å². The second-order valence-electron chi connectivity index (χ2n) is 6.65. The number of aromatic nitrogens is 1. The molecule has 1 heterocycles. The van der Waals surface area contributed by atoms with E-state index < -0.39 is 11.3 Å². The Bertz CT molecular complexity index is 899. The number of benzene rings is 1. The standard InChI is InChI=1S/C22H29ClN2O2S/c1-6-16-10-9-11-17(7-2)20(16)24-22(27)18-14(4)25(12-13-28-8-3)15(5)19(23)21(18)26/h9-11H,6-8,12-13H2,1-5H3,(H,24,27). The van der Waals surface area contributed by atoms with Crippen LogP contribution in [0.15, 0.2) is 23.0 Å². The Morgan fingerprint density at radius 1 is 1.11 bits per heavy atom. The number of anilines is 1. The Labute approximate surface area is 176 Å². The lowest BCUT2D eigenvalue weighted by molar-refractivity contribution is 0.102. The fraction of sp³-hybridized carbons (Fsp3) is 0.455. The number of nitrogens with zero attached hydrogens (tertiary/aromatic N) is 1. The van der Waals surface area contributed by atoms with Gasteiger partial charge in [-0.1, -0.05) is 50.6 Å². The first-order valence-electron chi connectivity index (χ1n) is 9.76. The third kappa shape index (κ3) is 4.64. The van der Waals surface area contributed by atoms with E-state index in [-0.39, 0.29) is 10.6 Å². The molecule has 0 spiro atoms. The highest BCUT2D eigenvalue weighted by molar-refractivity contribution is 7.99. The molecule has 4 nitrogen and oxygen atoms in total. The van der Waals surface area contributed by atoms with Crippen LogP contribution in [0.2, 0.25) is 5.02 Å². The van der Waals surface area contributed by atoms with Gasteiger partial charge in [0.15, 0.2) is 0 Å². The van der Waals surface area contributed by atoms with Crippen molar-refractivity contribution >= 4 is 35.0 Å². The molecule has 0 aliphatic heterocycles. The molecule has 1 N–H and O–H groups in total. The summed E-state index contributed by atoms with van der Waals surface area (Å²) in [6.07, 6.45) is 1.60. The van der Waals surface area contributed by atoms with Gasteiger partial charge in [0.2, 0.25) is 5.43 Å². The second-order valence-corrected chi connectivity index (χ2v) is 8.42. The van der Waals surface area contributed by atoms with Crippen molar-refractivity contribution in [2.24, 2.45) is 0 Å². The van der Waals surface area contributed by atoms with Gasteiger partial charge in [0.25, 0.3) is 5.91 Å². The summed E-state index contributed by atoms with van der Waals surface area (Å²) in [6.45, 7) is 10.6. The normalized spacial score (nSPS) is 10.9. The van der Waals surface area contributed by atoms with Crippen LogP contribution in [-0.2, 0) is 19.4 Å². The summed E-state index contributed by atoms with van der Waals surface area (Å²) in [4.78, 5) is 26.0. The zero-order valence-electron chi connectivity index (χ0n) is 17.3. The van der Waals surface area contributed by atoms with Gasteiger partial charge in [-0.05, 0) is 43.6 Å². The molecule has 2 rings (SSSR count). The SMILES string of the molecule is CCSCCn1c(C)c(Cl)c(=O)c(C(=O)Nc2c(CC)cccc2CC)c1C. The van der Waals surface area contributed by atoms with E-state index >= 15 is 0 Å². The molecule has 0 aliphatic carbocycles. The summed E-state index contributed by atoms with van der Waals surface area (Å²) < 4.78 is 1.98. The van der Waals surface area contributed by atoms with Gasteiger partial charge in [0.05, 0.1) is 0 Å². The van der Waals surface area contributed by atoms with Crippen molar-refractivity contribution in [3.8, 4) is 0 Å². The quantitative estimate of drug-likeness (QED) is 0.593. The van der Waals surface area contributed by atoms with E-state index in [1.54, 1.807) is 0 Å². The Hall–Kier alpha value is -1.72. The van der Waals surface area contributed by atoms with Crippen molar-refractivity contribution in [1.82, 2.24) is 4.57 Å². The van der Waals surface area contributed by atoms with Crippen LogP contribution in [0.1, 0.15) is 53.6 Å². The zero-order chi connectivity index (χ0) is 20.8. The van der Waals surface area contributed by atoms with E-state index in [1.807, 2.05) is 48.4 Å². The number of rotatable bonds is 8. The molecule has 0 radical (unpaired) electrons. The molecule has 0 atom stereocenters. The second kappa shape index (κ2) is 10.2. The summed E-state index contributed by atoms with van der Waals surface area (Å²) in [5.41, 5.74) is 4.02. The van der Waals surface area contributed by atoms with Crippen molar-refractivity contribution in [1.29, 1.82) is 0 Å². The maximum atomic E-state index is 13.1. The fourth-order valence-corrected chi connectivity index (χ4v) is 4.22. The number of halogens is 1. The van der Waals surface area contributed by atoms with Crippen molar-refractivity contribution in [2.45, 2.75) is 54.0 Å². The fourth-order valence-electron chi connectivity index (χ4n) is 3.43. The van der Waals surface area contributed by atoms with Gasteiger partial charge in [0, 0.05) is 29.4 Å². The number of hydrogen-bond acceptors (Lipinski definition) is 3. The first kappa shape index (κ1) is 22.6. The van der Waals surface area contributed by atoms with Gasteiger partial charge < -0.3 is 9.88 Å². The summed E-state index contributed by atoms with van der Waals surface area (Å²) in [5.74, 6) is 1.53. The molecule has 1 amide bonds. The smallest absolute Gasteiger partial charge is 0.261 e. The molecule has 1 aromatic heterocycles. The van der Waals surface area contributed by atoms with Crippen LogP contribution in [0.5, 0.6) is 0 Å². The summed E-state index contributed by atoms with van der Waals surface area (Å²) in [6, 6.07) is 6.01. The maximum Gasteiger partial charge on any atom is 0.261 e. The van der Waals surface area contributed by atoms with Crippen LogP contribution in [0, 0.1) is 13.8 Å².